The highest BCUT2D eigenvalue weighted by Gasteiger charge is 2.37. The molecule has 0 unspecified atom stereocenters. The summed E-state index contributed by atoms with van der Waals surface area (Å²) < 4.78 is 16.1. The lowest BCUT2D eigenvalue weighted by molar-refractivity contribution is 0.0699. The van der Waals surface area contributed by atoms with E-state index in [1.807, 2.05) is 22.8 Å². The second-order valence-corrected chi connectivity index (χ2v) is 8.15. The Hall–Kier alpha value is -3.10. The van der Waals surface area contributed by atoms with Gasteiger partial charge in [0.1, 0.15) is 5.82 Å². The molecule has 0 saturated carbocycles. The predicted molar refractivity (Wildman–Crippen MR) is 111 cm³/mol. The molecule has 0 spiro atoms. The molecule has 3 heterocycles. The summed E-state index contributed by atoms with van der Waals surface area (Å²) >= 11 is 0. The minimum Gasteiger partial charge on any atom is -0.392 e. The number of hydrogen-bond donors (Lipinski definition) is 1. The van der Waals surface area contributed by atoms with Gasteiger partial charge in [0.2, 0.25) is 0 Å². The smallest absolute Gasteiger partial charge is 0.257 e. The minimum absolute atomic E-state index is 0.0368. The quantitative estimate of drug-likeness (QED) is 0.700. The number of carbonyl (C=O) groups excluding carboxylic acids is 1. The van der Waals surface area contributed by atoms with E-state index in [1.54, 1.807) is 17.0 Å². The third-order valence-electron chi connectivity index (χ3n) is 6.08. The van der Waals surface area contributed by atoms with Crippen LogP contribution in [0.5, 0.6) is 0 Å². The average Bonchev–Trinajstić information content (AvgIpc) is 3.36. The van der Waals surface area contributed by atoms with Crippen molar-refractivity contribution in [3.8, 4) is 0 Å². The highest BCUT2D eigenvalue weighted by Crippen LogP contribution is 2.33. The van der Waals surface area contributed by atoms with Crippen LogP contribution in [-0.4, -0.2) is 54.8 Å². The van der Waals surface area contributed by atoms with E-state index in [-0.39, 0.29) is 24.1 Å². The van der Waals surface area contributed by atoms with Gasteiger partial charge in [-0.05, 0) is 24.1 Å². The molecule has 0 bridgehead atoms. The van der Waals surface area contributed by atoms with E-state index in [2.05, 4.69) is 27.2 Å². The van der Waals surface area contributed by atoms with Gasteiger partial charge >= 0.3 is 0 Å². The fourth-order valence-electron chi connectivity index (χ4n) is 4.55. The molecule has 2 aliphatic heterocycles. The van der Waals surface area contributed by atoms with Crippen molar-refractivity contribution >= 4 is 5.91 Å². The summed E-state index contributed by atoms with van der Waals surface area (Å²) in [6.45, 7) is 2.60. The van der Waals surface area contributed by atoms with Crippen LogP contribution in [0, 0.1) is 5.82 Å². The lowest BCUT2D eigenvalue weighted by atomic mass is 10.1. The Labute approximate surface area is 179 Å². The first-order valence-corrected chi connectivity index (χ1v) is 10.5. The summed E-state index contributed by atoms with van der Waals surface area (Å²) in [7, 11) is 0. The van der Waals surface area contributed by atoms with Crippen LogP contribution in [-0.2, 0) is 19.6 Å². The highest BCUT2D eigenvalue weighted by molar-refractivity contribution is 5.94. The lowest BCUT2D eigenvalue weighted by Crippen LogP contribution is -2.39. The standard InChI is InChI=1S/C23H24FN5O2/c24-19-9-5-4-8-18(19)23(31)27-10-11-29-21(15-27)25-26-22(29)20-12-17(30)14-28(20)13-16-6-2-1-3-7-16/h1-9,17,20,30H,10-15H2/t17-,20+/m1/s1. The summed E-state index contributed by atoms with van der Waals surface area (Å²) in [5.41, 5.74) is 1.25. The highest BCUT2D eigenvalue weighted by atomic mass is 19.1. The summed E-state index contributed by atoms with van der Waals surface area (Å²) in [6.07, 6.45) is 0.187. The molecule has 1 fully saturated rings. The Balaban J connectivity index is 1.35. The monoisotopic (exact) mass is 421 g/mol. The zero-order valence-electron chi connectivity index (χ0n) is 17.1. The average molecular weight is 421 g/mol. The molecule has 1 amide bonds. The molecule has 1 saturated heterocycles. The Kier molecular flexibility index (Phi) is 5.25. The van der Waals surface area contributed by atoms with Crippen molar-refractivity contribution in [3.05, 3.63) is 83.2 Å². The number of fused-ring (bicyclic) bond motifs is 1. The predicted octanol–water partition coefficient (Wildman–Crippen LogP) is 2.38. The molecule has 160 valence electrons. The number of rotatable bonds is 4. The molecular formula is C23H24FN5O2. The number of carbonyl (C=O) groups is 1. The van der Waals surface area contributed by atoms with E-state index in [9.17, 15) is 14.3 Å². The first-order chi connectivity index (χ1) is 15.1. The second-order valence-electron chi connectivity index (χ2n) is 8.15. The van der Waals surface area contributed by atoms with E-state index < -0.39 is 11.9 Å². The Morgan fingerprint density at radius 2 is 1.84 bits per heavy atom. The summed E-state index contributed by atoms with van der Waals surface area (Å²) in [4.78, 5) is 16.6. The zero-order valence-corrected chi connectivity index (χ0v) is 17.1. The third kappa shape index (κ3) is 3.84. The first-order valence-electron chi connectivity index (χ1n) is 10.5. The summed E-state index contributed by atoms with van der Waals surface area (Å²) in [5.74, 6) is 0.653. The van der Waals surface area contributed by atoms with Gasteiger partial charge in [-0.15, -0.1) is 10.2 Å². The summed E-state index contributed by atoms with van der Waals surface area (Å²) in [6, 6.07) is 16.2. The van der Waals surface area contributed by atoms with Crippen molar-refractivity contribution < 1.29 is 14.3 Å². The lowest BCUT2D eigenvalue weighted by Gasteiger charge is -2.30. The van der Waals surface area contributed by atoms with Crippen molar-refractivity contribution in [2.24, 2.45) is 0 Å². The maximum Gasteiger partial charge on any atom is 0.257 e. The van der Waals surface area contributed by atoms with Crippen molar-refractivity contribution in [2.45, 2.75) is 38.2 Å². The molecule has 7 nitrogen and oxygen atoms in total. The number of hydrogen-bond acceptors (Lipinski definition) is 5. The van der Waals surface area contributed by atoms with Crippen molar-refractivity contribution in [2.75, 3.05) is 13.1 Å². The van der Waals surface area contributed by atoms with E-state index in [0.717, 1.165) is 12.4 Å². The Morgan fingerprint density at radius 3 is 2.65 bits per heavy atom. The number of amides is 1. The minimum atomic E-state index is -0.517. The normalized spacial score (nSPS) is 21.3. The van der Waals surface area contributed by atoms with Crippen LogP contribution in [0.25, 0.3) is 0 Å². The van der Waals surface area contributed by atoms with E-state index in [1.165, 1.54) is 17.7 Å². The van der Waals surface area contributed by atoms with Crippen LogP contribution in [0.3, 0.4) is 0 Å². The van der Waals surface area contributed by atoms with Gasteiger partial charge in [-0.3, -0.25) is 9.69 Å². The molecule has 0 aliphatic carbocycles. The van der Waals surface area contributed by atoms with Crippen LogP contribution in [0.15, 0.2) is 54.6 Å². The number of β-amino-alcohol motifs (C(OH)–C–C–N with tert-alkyl or cyclic N) is 1. The molecule has 2 aliphatic rings. The van der Waals surface area contributed by atoms with Crippen molar-refractivity contribution in [1.29, 1.82) is 0 Å². The number of halogens is 1. The fourth-order valence-corrected chi connectivity index (χ4v) is 4.55. The number of aliphatic hydroxyl groups is 1. The van der Waals surface area contributed by atoms with Crippen LogP contribution in [0.2, 0.25) is 0 Å². The molecular weight excluding hydrogens is 397 g/mol. The molecule has 5 rings (SSSR count). The number of nitrogens with zero attached hydrogens (tertiary/aromatic N) is 5. The zero-order chi connectivity index (χ0) is 21.4. The van der Waals surface area contributed by atoms with Gasteiger partial charge in [-0.1, -0.05) is 42.5 Å². The first kappa shape index (κ1) is 19.8. The fraction of sp³-hybridized carbons (Fsp3) is 0.348. The van der Waals surface area contributed by atoms with Gasteiger partial charge in [0.15, 0.2) is 11.6 Å². The molecule has 8 heteroatoms. The van der Waals surface area contributed by atoms with Crippen molar-refractivity contribution in [3.63, 3.8) is 0 Å². The molecule has 2 aromatic carbocycles. The van der Waals surface area contributed by atoms with Gasteiger partial charge in [0.25, 0.3) is 5.91 Å². The molecule has 1 N–H and O–H groups in total. The number of aromatic nitrogens is 3. The molecule has 1 aromatic heterocycles. The van der Waals surface area contributed by atoms with E-state index in [4.69, 9.17) is 0 Å². The van der Waals surface area contributed by atoms with Gasteiger partial charge in [0, 0.05) is 26.2 Å². The topological polar surface area (TPSA) is 74.5 Å². The Morgan fingerprint density at radius 1 is 1.06 bits per heavy atom. The maximum atomic E-state index is 14.0. The van der Waals surface area contributed by atoms with E-state index in [0.29, 0.717) is 31.9 Å². The van der Waals surface area contributed by atoms with Gasteiger partial charge in [0.05, 0.1) is 24.3 Å². The van der Waals surface area contributed by atoms with E-state index >= 15 is 0 Å². The molecule has 2 atom stereocenters. The van der Waals surface area contributed by atoms with Crippen LogP contribution in [0.4, 0.5) is 4.39 Å². The largest absolute Gasteiger partial charge is 0.392 e. The van der Waals surface area contributed by atoms with Gasteiger partial charge in [-0.2, -0.15) is 0 Å². The van der Waals surface area contributed by atoms with Gasteiger partial charge < -0.3 is 14.6 Å². The van der Waals surface area contributed by atoms with Crippen LogP contribution >= 0.6 is 0 Å². The molecule has 3 aromatic rings. The third-order valence-corrected chi connectivity index (χ3v) is 6.08. The number of likely N-dealkylation sites (tertiary alicyclic amines) is 1. The van der Waals surface area contributed by atoms with Crippen LogP contribution < -0.4 is 0 Å². The SMILES string of the molecule is O=C(c1ccccc1F)N1CCn2c(nnc2[C@@H]2C[C@@H](O)CN2Cc2ccccc2)C1. The van der Waals surface area contributed by atoms with Crippen LogP contribution in [0.1, 0.15) is 40.0 Å². The maximum absolute atomic E-state index is 14.0. The summed E-state index contributed by atoms with van der Waals surface area (Å²) in [5, 5.41) is 19.1. The molecule has 0 radical (unpaired) electrons. The number of aliphatic hydroxyl groups excluding tert-OH is 1. The molecule has 31 heavy (non-hydrogen) atoms. The second kappa shape index (κ2) is 8.20. The van der Waals surface area contributed by atoms with Gasteiger partial charge in [-0.25, -0.2) is 4.39 Å². The van der Waals surface area contributed by atoms with Crippen molar-refractivity contribution in [1.82, 2.24) is 24.6 Å². The number of benzene rings is 2. The Bertz CT molecular complexity index is 1090.